The van der Waals surface area contributed by atoms with Crippen molar-refractivity contribution < 1.29 is 12.8 Å². The van der Waals surface area contributed by atoms with E-state index in [9.17, 15) is 12.8 Å². The Morgan fingerprint density at radius 3 is 2.88 bits per heavy atom. The Hall–Kier alpha value is -2.29. The van der Waals surface area contributed by atoms with Crippen LogP contribution < -0.4 is 10.2 Å². The van der Waals surface area contributed by atoms with Gasteiger partial charge in [-0.05, 0) is 24.5 Å². The minimum absolute atomic E-state index is 0.109. The summed E-state index contributed by atoms with van der Waals surface area (Å²) in [5.41, 5.74) is 0.630. The van der Waals surface area contributed by atoms with Crippen LogP contribution in [0.2, 0.25) is 0 Å². The van der Waals surface area contributed by atoms with Crippen LogP contribution in [0.3, 0.4) is 0 Å². The summed E-state index contributed by atoms with van der Waals surface area (Å²) >= 11 is 0. The molecule has 1 atom stereocenters. The zero-order valence-electron chi connectivity index (χ0n) is 13.9. The number of halogens is 1. The summed E-state index contributed by atoms with van der Waals surface area (Å²) in [7, 11) is -1.21. The highest BCUT2D eigenvalue weighted by Crippen LogP contribution is 2.20. The van der Waals surface area contributed by atoms with Crippen molar-refractivity contribution in [3.05, 3.63) is 41.8 Å². The molecule has 0 bridgehead atoms. The summed E-state index contributed by atoms with van der Waals surface area (Å²) < 4.78 is 36.8. The van der Waals surface area contributed by atoms with Crippen molar-refractivity contribution in [2.24, 2.45) is 0 Å². The third-order valence-corrected chi connectivity index (χ3v) is 6.03. The molecular formula is C16H20FN5O2S. The fraction of sp³-hybridized carbons (Fsp3) is 0.438. The maximum absolute atomic E-state index is 13.6. The van der Waals surface area contributed by atoms with Gasteiger partial charge in [0.2, 0.25) is 5.95 Å². The van der Waals surface area contributed by atoms with Gasteiger partial charge in [-0.1, -0.05) is 18.2 Å². The van der Waals surface area contributed by atoms with Gasteiger partial charge in [0.05, 0.1) is 17.7 Å². The Bertz CT molecular complexity index is 846. The molecule has 0 radical (unpaired) electrons. The number of hydrogen-bond acceptors (Lipinski definition) is 7. The minimum Gasteiger partial charge on any atom is -0.368 e. The molecule has 1 saturated heterocycles. The summed E-state index contributed by atoms with van der Waals surface area (Å²) in [6, 6.07) is 6.50. The lowest BCUT2D eigenvalue weighted by Crippen LogP contribution is -2.34. The number of benzene rings is 1. The zero-order chi connectivity index (χ0) is 17.9. The quantitative estimate of drug-likeness (QED) is 0.825. The number of rotatable bonds is 6. The van der Waals surface area contributed by atoms with Crippen LogP contribution in [-0.2, 0) is 16.3 Å². The normalized spacial score (nSPS) is 18.9. The SMILES string of the molecule is CN(c1nncc(NCCc2ccccc2F)n1)C1CCS(=O)(=O)C1. The predicted molar refractivity (Wildman–Crippen MR) is 93.9 cm³/mol. The van der Waals surface area contributed by atoms with Crippen molar-refractivity contribution in [2.45, 2.75) is 18.9 Å². The Morgan fingerprint density at radius 1 is 1.36 bits per heavy atom. The smallest absolute Gasteiger partial charge is 0.247 e. The summed E-state index contributed by atoms with van der Waals surface area (Å²) in [6.45, 7) is 0.501. The Balaban J connectivity index is 1.61. The molecule has 0 spiro atoms. The van der Waals surface area contributed by atoms with Gasteiger partial charge in [-0.25, -0.2) is 12.8 Å². The predicted octanol–water partition coefficient (Wildman–Crippen LogP) is 1.29. The summed E-state index contributed by atoms with van der Waals surface area (Å²) in [5.74, 6) is 0.966. The first-order valence-corrected chi connectivity index (χ1v) is 9.87. The standard InChI is InChI=1S/C16H20FN5O2S/c1-22(13-7-9-25(23,24)11-13)16-20-15(10-19-21-16)18-8-6-12-4-2-3-5-14(12)17/h2-5,10,13H,6-9,11H2,1H3,(H,18,20,21). The van der Waals surface area contributed by atoms with Crippen molar-refractivity contribution in [1.29, 1.82) is 0 Å². The average molecular weight is 365 g/mol. The van der Waals surface area contributed by atoms with E-state index in [2.05, 4.69) is 20.5 Å². The van der Waals surface area contributed by atoms with Crippen LogP contribution in [0.5, 0.6) is 0 Å². The molecule has 25 heavy (non-hydrogen) atoms. The first-order valence-electron chi connectivity index (χ1n) is 8.05. The molecule has 1 aliphatic rings. The van der Waals surface area contributed by atoms with Crippen LogP contribution in [0.1, 0.15) is 12.0 Å². The van der Waals surface area contributed by atoms with Crippen molar-refractivity contribution in [2.75, 3.05) is 35.3 Å². The van der Waals surface area contributed by atoms with Gasteiger partial charge in [-0.2, -0.15) is 10.1 Å². The molecule has 1 aromatic carbocycles. The maximum atomic E-state index is 13.6. The zero-order valence-corrected chi connectivity index (χ0v) is 14.7. The molecule has 2 heterocycles. The Morgan fingerprint density at radius 2 is 2.16 bits per heavy atom. The summed E-state index contributed by atoms with van der Waals surface area (Å²) in [6.07, 6.45) is 2.57. The van der Waals surface area contributed by atoms with E-state index >= 15 is 0 Å². The van der Waals surface area contributed by atoms with Crippen LogP contribution in [0.15, 0.2) is 30.5 Å². The largest absolute Gasteiger partial charge is 0.368 e. The number of sulfone groups is 1. The highest BCUT2D eigenvalue weighted by Gasteiger charge is 2.31. The fourth-order valence-corrected chi connectivity index (χ4v) is 4.57. The lowest BCUT2D eigenvalue weighted by Gasteiger charge is -2.22. The monoisotopic (exact) mass is 365 g/mol. The van der Waals surface area contributed by atoms with Crippen LogP contribution >= 0.6 is 0 Å². The number of nitrogens with one attached hydrogen (secondary N) is 1. The molecule has 1 unspecified atom stereocenters. The molecule has 0 saturated carbocycles. The highest BCUT2D eigenvalue weighted by atomic mass is 32.2. The van der Waals surface area contributed by atoms with Gasteiger partial charge >= 0.3 is 0 Å². The van der Waals surface area contributed by atoms with Gasteiger partial charge in [0.25, 0.3) is 0 Å². The molecule has 1 aliphatic heterocycles. The van der Waals surface area contributed by atoms with Gasteiger partial charge < -0.3 is 10.2 Å². The van der Waals surface area contributed by atoms with Gasteiger partial charge in [0, 0.05) is 19.6 Å². The van der Waals surface area contributed by atoms with E-state index in [-0.39, 0.29) is 23.4 Å². The molecule has 0 aliphatic carbocycles. The molecular weight excluding hydrogens is 345 g/mol. The van der Waals surface area contributed by atoms with Crippen molar-refractivity contribution in [3.63, 3.8) is 0 Å². The number of nitrogens with zero attached hydrogens (tertiary/aromatic N) is 4. The molecule has 0 amide bonds. The first-order chi connectivity index (χ1) is 11.9. The average Bonchev–Trinajstić information content (AvgIpc) is 2.96. The van der Waals surface area contributed by atoms with Gasteiger partial charge in [-0.3, -0.25) is 0 Å². The molecule has 9 heteroatoms. The van der Waals surface area contributed by atoms with E-state index < -0.39 is 9.84 Å². The van der Waals surface area contributed by atoms with Gasteiger partial charge in [0.15, 0.2) is 15.7 Å². The molecule has 1 N–H and O–H groups in total. The van der Waals surface area contributed by atoms with Crippen molar-refractivity contribution in [1.82, 2.24) is 15.2 Å². The molecule has 1 fully saturated rings. The Kier molecular flexibility index (Phi) is 5.12. The van der Waals surface area contributed by atoms with Crippen LogP contribution in [0, 0.1) is 5.82 Å². The van der Waals surface area contributed by atoms with Crippen LogP contribution in [-0.4, -0.2) is 54.7 Å². The van der Waals surface area contributed by atoms with E-state index in [0.717, 1.165) is 0 Å². The van der Waals surface area contributed by atoms with Gasteiger partial charge in [-0.15, -0.1) is 5.10 Å². The van der Waals surface area contributed by atoms with E-state index in [1.165, 1.54) is 12.3 Å². The molecule has 1 aromatic heterocycles. The summed E-state index contributed by atoms with van der Waals surface area (Å²) in [5, 5.41) is 11.0. The lowest BCUT2D eigenvalue weighted by atomic mass is 10.1. The first kappa shape index (κ1) is 17.5. The number of anilines is 2. The van der Waals surface area contributed by atoms with E-state index in [4.69, 9.17) is 0 Å². The molecule has 134 valence electrons. The number of aromatic nitrogens is 3. The third-order valence-electron chi connectivity index (χ3n) is 4.28. The second kappa shape index (κ2) is 7.30. The second-order valence-electron chi connectivity index (χ2n) is 6.08. The highest BCUT2D eigenvalue weighted by molar-refractivity contribution is 7.91. The number of hydrogen-bond donors (Lipinski definition) is 1. The fourth-order valence-electron chi connectivity index (χ4n) is 2.80. The van der Waals surface area contributed by atoms with Crippen molar-refractivity contribution >= 4 is 21.6 Å². The van der Waals surface area contributed by atoms with E-state index in [1.54, 1.807) is 30.1 Å². The second-order valence-corrected chi connectivity index (χ2v) is 8.31. The molecule has 2 aromatic rings. The molecule has 3 rings (SSSR count). The Labute approximate surface area is 146 Å². The third kappa shape index (κ3) is 4.41. The van der Waals surface area contributed by atoms with Crippen molar-refractivity contribution in [3.8, 4) is 0 Å². The summed E-state index contributed by atoms with van der Waals surface area (Å²) in [4.78, 5) is 6.12. The maximum Gasteiger partial charge on any atom is 0.247 e. The van der Waals surface area contributed by atoms with Gasteiger partial charge in [0.1, 0.15) is 5.82 Å². The molecule has 7 nitrogen and oxygen atoms in total. The van der Waals surface area contributed by atoms with Crippen LogP contribution in [0.25, 0.3) is 0 Å². The van der Waals surface area contributed by atoms with E-state index in [0.29, 0.717) is 36.7 Å². The minimum atomic E-state index is -2.98. The van der Waals surface area contributed by atoms with Crippen LogP contribution in [0.4, 0.5) is 16.2 Å². The topological polar surface area (TPSA) is 88.1 Å². The van der Waals surface area contributed by atoms with E-state index in [1.807, 2.05) is 0 Å². The lowest BCUT2D eigenvalue weighted by molar-refractivity contribution is 0.600.